The van der Waals surface area contributed by atoms with Gasteiger partial charge < -0.3 is 10.2 Å². The van der Waals surface area contributed by atoms with Crippen LogP contribution in [0, 0.1) is 11.8 Å². The number of hydrogen-bond donors (Lipinski definition) is 1. The Morgan fingerprint density at radius 2 is 1.62 bits per heavy atom. The summed E-state index contributed by atoms with van der Waals surface area (Å²) in [6.07, 6.45) is 4.71. The van der Waals surface area contributed by atoms with Crippen molar-refractivity contribution in [2.75, 3.05) is 37.6 Å². The second kappa shape index (κ2) is 9.47. The van der Waals surface area contributed by atoms with Gasteiger partial charge in [0.05, 0.1) is 5.69 Å². The molecule has 2 fully saturated rings. The van der Waals surface area contributed by atoms with Crippen molar-refractivity contribution in [3.05, 3.63) is 23.8 Å². The average molecular weight is 422 g/mol. The number of benzene rings is 1. The van der Waals surface area contributed by atoms with Gasteiger partial charge in [-0.25, -0.2) is 8.42 Å². The number of sulfonamides is 1. The molecule has 2 saturated heterocycles. The van der Waals surface area contributed by atoms with Crippen molar-refractivity contribution in [2.24, 2.45) is 11.8 Å². The molecule has 0 bridgehead atoms. The van der Waals surface area contributed by atoms with Crippen LogP contribution < -0.4 is 10.2 Å². The second-order valence-electron chi connectivity index (χ2n) is 8.69. The second-order valence-corrected chi connectivity index (χ2v) is 10.6. The molecule has 1 amide bonds. The average Bonchev–Trinajstić information content (AvgIpc) is 2.72. The van der Waals surface area contributed by atoms with Crippen LogP contribution in [-0.2, 0) is 10.0 Å². The lowest BCUT2D eigenvalue weighted by Gasteiger charge is -2.35. The molecule has 29 heavy (non-hydrogen) atoms. The molecule has 6 nitrogen and oxygen atoms in total. The molecular weight excluding hydrogens is 386 g/mol. The van der Waals surface area contributed by atoms with Crippen LogP contribution in [0.4, 0.5) is 5.69 Å². The molecule has 1 N–H and O–H groups in total. The molecule has 1 aromatic carbocycles. The smallest absolute Gasteiger partial charge is 0.251 e. The van der Waals surface area contributed by atoms with Crippen molar-refractivity contribution < 1.29 is 13.2 Å². The summed E-state index contributed by atoms with van der Waals surface area (Å²) < 4.78 is 28.8. The maximum atomic E-state index is 13.6. The Balaban J connectivity index is 1.96. The predicted octanol–water partition coefficient (Wildman–Crippen LogP) is 3.48. The summed E-state index contributed by atoms with van der Waals surface area (Å²) in [6.45, 7) is 9.78. The molecule has 0 radical (unpaired) electrons. The first-order valence-electron chi connectivity index (χ1n) is 11.0. The van der Waals surface area contributed by atoms with Crippen LogP contribution in [0.15, 0.2) is 23.1 Å². The van der Waals surface area contributed by atoms with E-state index >= 15 is 0 Å². The van der Waals surface area contributed by atoms with Gasteiger partial charge in [-0.2, -0.15) is 4.31 Å². The summed E-state index contributed by atoms with van der Waals surface area (Å²) in [6, 6.07) is 5.18. The van der Waals surface area contributed by atoms with Crippen LogP contribution in [0.2, 0.25) is 0 Å². The third kappa shape index (κ3) is 5.12. The molecule has 1 aromatic rings. The number of anilines is 1. The molecule has 0 atom stereocenters. The molecule has 0 aromatic heterocycles. The molecule has 0 aliphatic carbocycles. The van der Waals surface area contributed by atoms with Gasteiger partial charge in [0.15, 0.2) is 0 Å². The Morgan fingerprint density at radius 3 is 2.21 bits per heavy atom. The highest BCUT2D eigenvalue weighted by Crippen LogP contribution is 2.33. The summed E-state index contributed by atoms with van der Waals surface area (Å²) >= 11 is 0. The van der Waals surface area contributed by atoms with Crippen molar-refractivity contribution in [1.82, 2.24) is 9.62 Å². The van der Waals surface area contributed by atoms with Crippen molar-refractivity contribution in [3.8, 4) is 0 Å². The SMILES string of the molecule is CCCNC(=O)c1ccc(N2CCC(C)CC2)c(S(=O)(=O)N2CCC(C)CC2)c1. The first-order valence-corrected chi connectivity index (χ1v) is 12.4. The normalized spacial score (nSPS) is 20.0. The fraction of sp³-hybridized carbons (Fsp3) is 0.682. The van der Waals surface area contributed by atoms with E-state index in [9.17, 15) is 13.2 Å². The Morgan fingerprint density at radius 1 is 1.03 bits per heavy atom. The largest absolute Gasteiger partial charge is 0.370 e. The zero-order valence-electron chi connectivity index (χ0n) is 18.0. The maximum Gasteiger partial charge on any atom is 0.251 e. The molecule has 2 aliphatic heterocycles. The van der Waals surface area contributed by atoms with Gasteiger partial charge >= 0.3 is 0 Å². The number of rotatable bonds is 6. The minimum atomic E-state index is -3.64. The highest BCUT2D eigenvalue weighted by atomic mass is 32.2. The van der Waals surface area contributed by atoms with Crippen molar-refractivity contribution in [2.45, 2.75) is 57.8 Å². The van der Waals surface area contributed by atoms with Gasteiger partial charge in [0, 0.05) is 38.3 Å². The molecule has 0 unspecified atom stereocenters. The lowest BCUT2D eigenvalue weighted by atomic mass is 9.98. The van der Waals surface area contributed by atoms with E-state index in [0.29, 0.717) is 37.0 Å². The number of hydrogen-bond acceptors (Lipinski definition) is 4. The first-order chi connectivity index (χ1) is 13.8. The minimum absolute atomic E-state index is 0.214. The summed E-state index contributed by atoms with van der Waals surface area (Å²) in [7, 11) is -3.64. The van der Waals surface area contributed by atoms with E-state index in [0.717, 1.165) is 50.9 Å². The van der Waals surface area contributed by atoms with Gasteiger partial charge in [-0.15, -0.1) is 0 Å². The number of carbonyl (C=O) groups excluding carboxylic acids is 1. The van der Waals surface area contributed by atoms with Gasteiger partial charge in [-0.1, -0.05) is 20.8 Å². The number of piperidine rings is 2. The Bertz CT molecular complexity index is 809. The van der Waals surface area contributed by atoms with E-state index in [4.69, 9.17) is 0 Å². The Kier molecular flexibility index (Phi) is 7.22. The monoisotopic (exact) mass is 421 g/mol. The van der Waals surface area contributed by atoms with Crippen LogP contribution in [0.1, 0.15) is 63.2 Å². The molecule has 2 heterocycles. The summed E-state index contributed by atoms with van der Waals surface area (Å²) in [5, 5.41) is 2.86. The fourth-order valence-corrected chi connectivity index (χ4v) is 5.78. The third-order valence-corrected chi connectivity index (χ3v) is 8.17. The van der Waals surface area contributed by atoms with Crippen molar-refractivity contribution in [3.63, 3.8) is 0 Å². The first kappa shape index (κ1) is 22.1. The van der Waals surface area contributed by atoms with Crippen LogP contribution in [0.25, 0.3) is 0 Å². The van der Waals surface area contributed by atoms with E-state index in [-0.39, 0.29) is 10.8 Å². The number of nitrogens with one attached hydrogen (secondary N) is 1. The number of nitrogens with zero attached hydrogens (tertiary/aromatic N) is 2. The highest BCUT2D eigenvalue weighted by Gasteiger charge is 2.32. The topological polar surface area (TPSA) is 69.7 Å². The number of carbonyl (C=O) groups is 1. The molecule has 162 valence electrons. The molecular formula is C22H35N3O3S. The van der Waals surface area contributed by atoms with Crippen molar-refractivity contribution in [1.29, 1.82) is 0 Å². The van der Waals surface area contributed by atoms with Crippen LogP contribution in [0.3, 0.4) is 0 Å². The van der Waals surface area contributed by atoms with Crippen LogP contribution in [0.5, 0.6) is 0 Å². The lowest BCUT2D eigenvalue weighted by molar-refractivity contribution is 0.0953. The van der Waals surface area contributed by atoms with Gasteiger partial charge in [0.2, 0.25) is 10.0 Å². The van der Waals surface area contributed by atoms with E-state index in [1.165, 1.54) is 0 Å². The van der Waals surface area contributed by atoms with Gasteiger partial charge in [0.1, 0.15) is 4.90 Å². The molecule has 0 spiro atoms. The molecule has 3 rings (SSSR count). The lowest BCUT2D eigenvalue weighted by Crippen LogP contribution is -2.40. The maximum absolute atomic E-state index is 13.6. The van der Waals surface area contributed by atoms with Crippen LogP contribution >= 0.6 is 0 Å². The van der Waals surface area contributed by atoms with Gasteiger partial charge in [-0.3, -0.25) is 4.79 Å². The summed E-state index contributed by atoms with van der Waals surface area (Å²) in [4.78, 5) is 15.0. The van der Waals surface area contributed by atoms with E-state index in [2.05, 4.69) is 24.1 Å². The zero-order chi connectivity index (χ0) is 21.0. The number of amides is 1. The molecule has 7 heteroatoms. The molecule has 0 saturated carbocycles. The Labute approximate surface area is 175 Å². The van der Waals surface area contributed by atoms with Crippen molar-refractivity contribution >= 4 is 21.6 Å². The minimum Gasteiger partial charge on any atom is -0.370 e. The van der Waals surface area contributed by atoms with Crippen LogP contribution in [-0.4, -0.2) is 51.4 Å². The predicted molar refractivity (Wildman–Crippen MR) is 117 cm³/mol. The zero-order valence-corrected chi connectivity index (χ0v) is 18.8. The van der Waals surface area contributed by atoms with E-state index < -0.39 is 10.0 Å². The van der Waals surface area contributed by atoms with Gasteiger partial charge in [-0.05, 0) is 62.1 Å². The van der Waals surface area contributed by atoms with Gasteiger partial charge in [0.25, 0.3) is 5.91 Å². The third-order valence-electron chi connectivity index (χ3n) is 6.24. The Hall–Kier alpha value is -1.60. The quantitative estimate of drug-likeness (QED) is 0.763. The van der Waals surface area contributed by atoms with E-state index in [1.807, 2.05) is 13.0 Å². The highest BCUT2D eigenvalue weighted by molar-refractivity contribution is 7.89. The summed E-state index contributed by atoms with van der Waals surface area (Å²) in [5.41, 5.74) is 1.15. The molecule has 2 aliphatic rings. The summed E-state index contributed by atoms with van der Waals surface area (Å²) in [5.74, 6) is 0.999. The standard InChI is InChI=1S/C22H35N3O3S/c1-4-11-23-22(26)19-5-6-20(24-12-7-17(2)8-13-24)21(16-19)29(27,28)25-14-9-18(3)10-15-25/h5-6,16-18H,4,7-15H2,1-3H3,(H,23,26). The van der Waals surface area contributed by atoms with E-state index in [1.54, 1.807) is 16.4 Å². The fourth-order valence-electron chi connectivity index (χ4n) is 4.08.